The van der Waals surface area contributed by atoms with Crippen LogP contribution in [0.25, 0.3) is 0 Å². The molecule has 11 heavy (non-hydrogen) atoms. The molecule has 3 heteroatoms. The maximum absolute atomic E-state index is 10.3. The molecule has 0 saturated carbocycles. The normalized spacial score (nSPS) is 15.8. The molecule has 1 N–H and O–H groups in total. The van der Waals surface area contributed by atoms with E-state index in [-0.39, 0.29) is 6.42 Å². The summed E-state index contributed by atoms with van der Waals surface area (Å²) >= 11 is 0. The van der Waals surface area contributed by atoms with Crippen LogP contribution < -0.4 is 0 Å². The Labute approximate surface area is 64.8 Å². The molecule has 0 fully saturated rings. The minimum atomic E-state index is -0.821. The van der Waals surface area contributed by atoms with E-state index in [0.717, 1.165) is 12.0 Å². The van der Waals surface area contributed by atoms with E-state index in [1.807, 2.05) is 6.08 Å². The number of nitrogens with zero attached hydrogens (tertiary/aromatic N) is 1. The molecule has 0 amide bonds. The van der Waals surface area contributed by atoms with Crippen LogP contribution in [0.3, 0.4) is 0 Å². The van der Waals surface area contributed by atoms with Crippen molar-refractivity contribution < 1.29 is 9.90 Å². The van der Waals surface area contributed by atoms with Gasteiger partial charge in [0.2, 0.25) is 0 Å². The number of carbonyl (C=O) groups is 1. The molecule has 0 aromatic rings. The number of hydrogen-bond acceptors (Lipinski definition) is 2. The summed E-state index contributed by atoms with van der Waals surface area (Å²) in [7, 11) is 0. The number of aliphatic imine (C=N–C) groups is 1. The fourth-order valence-electron chi connectivity index (χ4n) is 0.812. The molecule has 3 nitrogen and oxygen atoms in total. The Balaban J connectivity index is 2.62. The van der Waals surface area contributed by atoms with Crippen LogP contribution in [0, 0.1) is 0 Å². The Morgan fingerprint density at radius 1 is 1.73 bits per heavy atom. The van der Waals surface area contributed by atoms with Gasteiger partial charge in [-0.2, -0.15) is 0 Å². The molecule has 0 unspecified atom stereocenters. The van der Waals surface area contributed by atoms with E-state index in [1.54, 1.807) is 18.5 Å². The Morgan fingerprint density at radius 3 is 3.27 bits per heavy atom. The number of hydrogen-bond donors (Lipinski definition) is 1. The zero-order chi connectivity index (χ0) is 8.10. The van der Waals surface area contributed by atoms with Crippen molar-refractivity contribution in [3.05, 3.63) is 23.9 Å². The summed E-state index contributed by atoms with van der Waals surface area (Å²) in [5.74, 6) is -0.821. The van der Waals surface area contributed by atoms with E-state index in [1.165, 1.54) is 0 Å². The molecule has 0 atom stereocenters. The van der Waals surface area contributed by atoms with Crippen molar-refractivity contribution in [3.63, 3.8) is 0 Å². The first kappa shape index (κ1) is 7.72. The van der Waals surface area contributed by atoms with Crippen LogP contribution in [0.2, 0.25) is 0 Å². The average Bonchev–Trinajstić information content (AvgIpc) is 2.14. The lowest BCUT2D eigenvalue weighted by atomic mass is 10.2. The van der Waals surface area contributed by atoms with Gasteiger partial charge in [0.15, 0.2) is 0 Å². The highest BCUT2D eigenvalue weighted by molar-refractivity contribution is 5.71. The number of allylic oxidation sites excluding steroid dienone is 2. The Bertz CT molecular complexity index is 238. The monoisotopic (exact) mass is 151 g/mol. The van der Waals surface area contributed by atoms with Crippen LogP contribution in [0.1, 0.15) is 12.8 Å². The van der Waals surface area contributed by atoms with E-state index < -0.39 is 5.97 Å². The lowest BCUT2D eigenvalue weighted by Crippen LogP contribution is -1.94. The van der Waals surface area contributed by atoms with Crippen LogP contribution in [0.5, 0.6) is 0 Å². The number of carboxylic acid groups (broad SMARTS) is 1. The molecule has 0 aromatic heterocycles. The Kier molecular flexibility index (Phi) is 2.60. The van der Waals surface area contributed by atoms with E-state index in [4.69, 9.17) is 5.11 Å². The lowest BCUT2D eigenvalue weighted by Gasteiger charge is -1.92. The average molecular weight is 151 g/mol. The molecular formula is C8H9NO2. The number of carboxylic acids is 1. The molecule has 0 aromatic carbocycles. The summed E-state index contributed by atoms with van der Waals surface area (Å²) in [4.78, 5) is 14.1. The van der Waals surface area contributed by atoms with Crippen molar-refractivity contribution >= 4 is 12.2 Å². The molecule has 1 heterocycles. The summed E-state index contributed by atoms with van der Waals surface area (Å²) < 4.78 is 0. The van der Waals surface area contributed by atoms with Crippen molar-refractivity contribution in [2.45, 2.75) is 12.8 Å². The van der Waals surface area contributed by atoms with Crippen molar-refractivity contribution in [1.29, 1.82) is 0 Å². The number of rotatable bonds is 2. The van der Waals surface area contributed by atoms with Crippen molar-refractivity contribution in [2.75, 3.05) is 0 Å². The van der Waals surface area contributed by atoms with E-state index in [9.17, 15) is 4.79 Å². The Morgan fingerprint density at radius 2 is 2.55 bits per heavy atom. The SMILES string of the molecule is O=C(O)CC1=CN=CCC=C1. The summed E-state index contributed by atoms with van der Waals surface area (Å²) in [5.41, 5.74) is 0.742. The third-order valence-corrected chi connectivity index (χ3v) is 1.27. The maximum atomic E-state index is 10.3. The zero-order valence-corrected chi connectivity index (χ0v) is 6.03. The van der Waals surface area contributed by atoms with Gasteiger partial charge in [-0.3, -0.25) is 9.79 Å². The van der Waals surface area contributed by atoms with E-state index in [0.29, 0.717) is 0 Å². The van der Waals surface area contributed by atoms with Gasteiger partial charge in [-0.25, -0.2) is 0 Å². The van der Waals surface area contributed by atoms with Crippen molar-refractivity contribution in [2.24, 2.45) is 4.99 Å². The highest BCUT2D eigenvalue weighted by Gasteiger charge is 2.00. The fourth-order valence-corrected chi connectivity index (χ4v) is 0.812. The molecular weight excluding hydrogens is 142 g/mol. The first-order chi connectivity index (χ1) is 5.29. The fraction of sp³-hybridized carbons (Fsp3) is 0.250. The van der Waals surface area contributed by atoms with Gasteiger partial charge < -0.3 is 5.11 Å². The lowest BCUT2D eigenvalue weighted by molar-refractivity contribution is -0.136. The Hall–Kier alpha value is -1.38. The van der Waals surface area contributed by atoms with Crippen molar-refractivity contribution in [3.8, 4) is 0 Å². The third kappa shape index (κ3) is 2.80. The summed E-state index contributed by atoms with van der Waals surface area (Å²) in [6, 6.07) is 0. The molecule has 0 bridgehead atoms. The first-order valence-electron chi connectivity index (χ1n) is 3.38. The van der Waals surface area contributed by atoms with Gasteiger partial charge in [-0.1, -0.05) is 12.2 Å². The van der Waals surface area contributed by atoms with Gasteiger partial charge in [-0.15, -0.1) is 0 Å². The molecule has 1 rings (SSSR count). The number of aliphatic carboxylic acids is 1. The second-order valence-electron chi connectivity index (χ2n) is 2.24. The van der Waals surface area contributed by atoms with Crippen LogP contribution in [0.15, 0.2) is 28.9 Å². The predicted octanol–water partition coefficient (Wildman–Crippen LogP) is 1.38. The molecule has 1 aliphatic rings. The van der Waals surface area contributed by atoms with Gasteiger partial charge >= 0.3 is 5.97 Å². The van der Waals surface area contributed by atoms with Gasteiger partial charge in [0.25, 0.3) is 0 Å². The molecule has 0 radical (unpaired) electrons. The largest absolute Gasteiger partial charge is 0.481 e. The second kappa shape index (κ2) is 3.71. The van der Waals surface area contributed by atoms with Gasteiger partial charge in [-0.05, 0) is 5.57 Å². The quantitative estimate of drug-likeness (QED) is 0.648. The smallest absolute Gasteiger partial charge is 0.307 e. The van der Waals surface area contributed by atoms with Gasteiger partial charge in [0, 0.05) is 18.8 Å². The third-order valence-electron chi connectivity index (χ3n) is 1.27. The van der Waals surface area contributed by atoms with E-state index in [2.05, 4.69) is 4.99 Å². The zero-order valence-electron chi connectivity index (χ0n) is 6.03. The first-order valence-corrected chi connectivity index (χ1v) is 3.38. The standard InChI is InChI=1S/C8H9NO2/c10-8(11)5-7-3-1-2-4-9-6-7/h1,3-4,6H,2,5H2,(H,10,11). The maximum Gasteiger partial charge on any atom is 0.307 e. The highest BCUT2D eigenvalue weighted by Crippen LogP contribution is 2.06. The van der Waals surface area contributed by atoms with Crippen LogP contribution in [0.4, 0.5) is 0 Å². The molecule has 0 spiro atoms. The predicted molar refractivity (Wildman–Crippen MR) is 42.6 cm³/mol. The van der Waals surface area contributed by atoms with E-state index >= 15 is 0 Å². The summed E-state index contributed by atoms with van der Waals surface area (Å²) in [6.07, 6.45) is 7.84. The van der Waals surface area contributed by atoms with Gasteiger partial charge in [0.1, 0.15) is 0 Å². The van der Waals surface area contributed by atoms with Crippen molar-refractivity contribution in [1.82, 2.24) is 0 Å². The summed E-state index contributed by atoms with van der Waals surface area (Å²) in [5, 5.41) is 8.43. The molecule has 0 aliphatic carbocycles. The van der Waals surface area contributed by atoms with Gasteiger partial charge in [0.05, 0.1) is 6.42 Å². The minimum absolute atomic E-state index is 0.0494. The topological polar surface area (TPSA) is 49.7 Å². The molecule has 0 saturated heterocycles. The minimum Gasteiger partial charge on any atom is -0.481 e. The summed E-state index contributed by atoms with van der Waals surface area (Å²) in [6.45, 7) is 0. The second-order valence-corrected chi connectivity index (χ2v) is 2.24. The highest BCUT2D eigenvalue weighted by atomic mass is 16.4. The molecule has 1 aliphatic heterocycles. The van der Waals surface area contributed by atoms with Crippen LogP contribution in [-0.4, -0.2) is 17.3 Å². The van der Waals surface area contributed by atoms with Crippen LogP contribution in [-0.2, 0) is 4.79 Å². The van der Waals surface area contributed by atoms with Crippen LogP contribution >= 0.6 is 0 Å². The molecule has 58 valence electrons.